The van der Waals surface area contributed by atoms with E-state index in [4.69, 9.17) is 10.5 Å². The van der Waals surface area contributed by atoms with Gasteiger partial charge < -0.3 is 20.7 Å². The summed E-state index contributed by atoms with van der Waals surface area (Å²) in [5, 5.41) is 2.74. The molecule has 2 heterocycles. The molecule has 1 aromatic rings. The zero-order valence-electron chi connectivity index (χ0n) is 15.6. The van der Waals surface area contributed by atoms with Gasteiger partial charge in [-0.05, 0) is 12.8 Å². The van der Waals surface area contributed by atoms with Crippen LogP contribution in [0.5, 0.6) is 0 Å². The summed E-state index contributed by atoms with van der Waals surface area (Å²) in [4.78, 5) is 39.6. The quantitative estimate of drug-likeness (QED) is 0.613. The first-order valence-corrected chi connectivity index (χ1v) is 9.23. The number of carbonyl (C=O) groups excluding carboxylic acids is 1. The molecule has 0 atom stereocenters. The minimum atomic E-state index is -0.544. The van der Waals surface area contributed by atoms with E-state index in [0.717, 1.165) is 17.4 Å². The Morgan fingerprint density at radius 1 is 1.15 bits per heavy atom. The molecule has 1 saturated heterocycles. The monoisotopic (exact) mass is 367 g/mol. The van der Waals surface area contributed by atoms with Crippen molar-refractivity contribution in [3.63, 3.8) is 0 Å². The smallest absolute Gasteiger partial charge is 0.333 e. The van der Waals surface area contributed by atoms with E-state index >= 15 is 0 Å². The van der Waals surface area contributed by atoms with Crippen LogP contribution in [0.1, 0.15) is 33.1 Å². The van der Waals surface area contributed by atoms with Crippen LogP contribution >= 0.6 is 0 Å². The maximum absolute atomic E-state index is 12.9. The van der Waals surface area contributed by atoms with Gasteiger partial charge in [0.05, 0.1) is 13.2 Å². The Bertz CT molecular complexity index is 734. The second-order valence-electron chi connectivity index (χ2n) is 6.36. The van der Waals surface area contributed by atoms with Crippen molar-refractivity contribution < 1.29 is 9.53 Å². The Labute approximate surface area is 152 Å². The van der Waals surface area contributed by atoms with Gasteiger partial charge in [-0.15, -0.1) is 0 Å². The number of ether oxygens (including phenoxy) is 1. The van der Waals surface area contributed by atoms with Crippen molar-refractivity contribution in [2.24, 2.45) is 0 Å². The SMILES string of the molecule is CCCCNC(=O)Cn1c(=O)c(N2CCOCC2)c(N)n(CCC)c1=O. The van der Waals surface area contributed by atoms with Crippen LogP contribution in [0.25, 0.3) is 0 Å². The van der Waals surface area contributed by atoms with Crippen LogP contribution in [0.3, 0.4) is 0 Å². The fourth-order valence-electron chi connectivity index (χ4n) is 2.97. The van der Waals surface area contributed by atoms with Crippen LogP contribution in [-0.2, 0) is 22.6 Å². The number of carbonyl (C=O) groups is 1. The summed E-state index contributed by atoms with van der Waals surface area (Å²) in [6, 6.07) is 0. The van der Waals surface area contributed by atoms with Crippen LogP contribution in [0.4, 0.5) is 11.5 Å². The minimum Gasteiger partial charge on any atom is -0.383 e. The largest absolute Gasteiger partial charge is 0.383 e. The number of hydrogen-bond acceptors (Lipinski definition) is 6. The highest BCUT2D eigenvalue weighted by Gasteiger charge is 2.24. The number of nitrogens with two attached hydrogens (primary N) is 1. The molecule has 26 heavy (non-hydrogen) atoms. The Morgan fingerprint density at radius 3 is 2.46 bits per heavy atom. The zero-order chi connectivity index (χ0) is 19.1. The predicted molar refractivity (Wildman–Crippen MR) is 101 cm³/mol. The molecule has 0 radical (unpaired) electrons. The van der Waals surface area contributed by atoms with Gasteiger partial charge in [0.2, 0.25) is 5.91 Å². The molecule has 146 valence electrons. The highest BCUT2D eigenvalue weighted by atomic mass is 16.5. The van der Waals surface area contributed by atoms with Crippen LogP contribution in [0, 0.1) is 0 Å². The number of anilines is 2. The molecule has 0 aliphatic carbocycles. The third-order valence-corrected chi connectivity index (χ3v) is 4.37. The minimum absolute atomic E-state index is 0.159. The van der Waals surface area contributed by atoms with Crippen LogP contribution in [0.2, 0.25) is 0 Å². The summed E-state index contributed by atoms with van der Waals surface area (Å²) in [7, 11) is 0. The molecule has 0 aromatic carbocycles. The molecule has 1 aliphatic rings. The molecule has 3 N–H and O–H groups in total. The first-order valence-electron chi connectivity index (χ1n) is 9.23. The Balaban J connectivity index is 2.42. The number of nitrogen functional groups attached to an aromatic ring is 1. The van der Waals surface area contributed by atoms with E-state index in [1.807, 2.05) is 18.7 Å². The molecule has 1 aliphatic heterocycles. The zero-order valence-corrected chi connectivity index (χ0v) is 15.6. The van der Waals surface area contributed by atoms with Gasteiger partial charge in [0.25, 0.3) is 5.56 Å². The topological polar surface area (TPSA) is 112 Å². The van der Waals surface area contributed by atoms with Gasteiger partial charge >= 0.3 is 5.69 Å². The lowest BCUT2D eigenvalue weighted by Crippen LogP contribution is -2.49. The number of nitrogens with one attached hydrogen (secondary N) is 1. The van der Waals surface area contributed by atoms with Gasteiger partial charge in [-0.25, -0.2) is 9.36 Å². The highest BCUT2D eigenvalue weighted by Crippen LogP contribution is 2.18. The number of rotatable bonds is 8. The van der Waals surface area contributed by atoms with Crippen molar-refractivity contribution in [1.82, 2.24) is 14.5 Å². The Morgan fingerprint density at radius 2 is 1.85 bits per heavy atom. The average Bonchev–Trinajstić information content (AvgIpc) is 2.63. The molecule has 0 saturated carbocycles. The van der Waals surface area contributed by atoms with Crippen molar-refractivity contribution in [2.45, 2.75) is 46.2 Å². The number of aromatic nitrogens is 2. The van der Waals surface area contributed by atoms with E-state index in [-0.39, 0.29) is 24.0 Å². The lowest BCUT2D eigenvalue weighted by Gasteiger charge is -2.30. The van der Waals surface area contributed by atoms with E-state index in [9.17, 15) is 14.4 Å². The van der Waals surface area contributed by atoms with Gasteiger partial charge in [-0.2, -0.15) is 0 Å². The molecule has 0 spiro atoms. The lowest BCUT2D eigenvalue weighted by atomic mass is 10.3. The summed E-state index contributed by atoms with van der Waals surface area (Å²) in [6.07, 6.45) is 2.49. The van der Waals surface area contributed by atoms with E-state index in [1.54, 1.807) is 0 Å². The second kappa shape index (κ2) is 9.42. The molecule has 1 fully saturated rings. The van der Waals surface area contributed by atoms with E-state index in [2.05, 4.69) is 5.32 Å². The molecule has 2 rings (SSSR count). The van der Waals surface area contributed by atoms with Gasteiger partial charge in [-0.3, -0.25) is 14.2 Å². The first kappa shape index (κ1) is 20.0. The van der Waals surface area contributed by atoms with Crippen LogP contribution in [0.15, 0.2) is 9.59 Å². The summed E-state index contributed by atoms with van der Waals surface area (Å²) in [5.74, 6) is -0.190. The van der Waals surface area contributed by atoms with E-state index in [1.165, 1.54) is 4.57 Å². The molecule has 0 unspecified atom stereocenters. The Kier molecular flexibility index (Phi) is 7.26. The number of unbranched alkanes of at least 4 members (excludes halogenated alkanes) is 1. The van der Waals surface area contributed by atoms with Crippen LogP contribution in [-0.4, -0.2) is 47.9 Å². The molecule has 1 aromatic heterocycles. The summed E-state index contributed by atoms with van der Waals surface area (Å²) in [6.45, 7) is 6.58. The van der Waals surface area contributed by atoms with Crippen molar-refractivity contribution in [3.8, 4) is 0 Å². The highest BCUT2D eigenvalue weighted by molar-refractivity contribution is 5.76. The van der Waals surface area contributed by atoms with Crippen molar-refractivity contribution in [3.05, 3.63) is 20.8 Å². The van der Waals surface area contributed by atoms with E-state index < -0.39 is 11.2 Å². The summed E-state index contributed by atoms with van der Waals surface area (Å²) >= 11 is 0. The Hall–Kier alpha value is -2.29. The number of amides is 1. The molecule has 1 amide bonds. The molecule has 9 heteroatoms. The summed E-state index contributed by atoms with van der Waals surface area (Å²) < 4.78 is 7.69. The number of nitrogens with zero attached hydrogens (tertiary/aromatic N) is 3. The maximum atomic E-state index is 12.9. The maximum Gasteiger partial charge on any atom is 0.333 e. The first-order chi connectivity index (χ1) is 12.5. The molecule has 0 bridgehead atoms. The fourth-order valence-corrected chi connectivity index (χ4v) is 2.97. The average molecular weight is 367 g/mol. The normalized spacial score (nSPS) is 14.5. The fraction of sp³-hybridized carbons (Fsp3) is 0.706. The van der Waals surface area contributed by atoms with Gasteiger partial charge in [0, 0.05) is 26.2 Å². The lowest BCUT2D eigenvalue weighted by molar-refractivity contribution is -0.121. The van der Waals surface area contributed by atoms with Crippen LogP contribution < -0.4 is 27.2 Å². The van der Waals surface area contributed by atoms with Crippen molar-refractivity contribution >= 4 is 17.4 Å². The predicted octanol–water partition coefficient (Wildman–Crippen LogP) is -0.245. The molecular formula is C17H29N5O4. The third kappa shape index (κ3) is 4.46. The van der Waals surface area contributed by atoms with Crippen molar-refractivity contribution in [2.75, 3.05) is 43.5 Å². The number of hydrogen-bond donors (Lipinski definition) is 2. The van der Waals surface area contributed by atoms with Gasteiger partial charge in [0.15, 0.2) is 0 Å². The van der Waals surface area contributed by atoms with E-state index in [0.29, 0.717) is 45.8 Å². The standard InChI is InChI=1S/C17H29N5O4/c1-3-5-6-19-13(23)12-22-16(24)14(20-8-10-26-11-9-20)15(18)21(7-4-2)17(22)25/h3-12,18H2,1-2H3,(H,19,23). The van der Waals surface area contributed by atoms with Crippen molar-refractivity contribution in [1.29, 1.82) is 0 Å². The number of morpholine rings is 1. The van der Waals surface area contributed by atoms with Gasteiger partial charge in [0.1, 0.15) is 18.1 Å². The van der Waals surface area contributed by atoms with Gasteiger partial charge in [-0.1, -0.05) is 20.3 Å². The molecule has 9 nitrogen and oxygen atoms in total. The summed E-state index contributed by atoms with van der Waals surface area (Å²) in [5.41, 5.74) is 5.38. The second-order valence-corrected chi connectivity index (χ2v) is 6.36. The molecular weight excluding hydrogens is 338 g/mol. The third-order valence-electron chi connectivity index (χ3n) is 4.37.